The van der Waals surface area contributed by atoms with E-state index in [2.05, 4.69) is 0 Å². The van der Waals surface area contributed by atoms with Gasteiger partial charge in [-0.15, -0.1) is 0 Å². The van der Waals surface area contributed by atoms with Crippen molar-refractivity contribution in [3.05, 3.63) is 23.8 Å². The van der Waals surface area contributed by atoms with Gasteiger partial charge < -0.3 is 19.1 Å². The predicted molar refractivity (Wildman–Crippen MR) is 72.5 cm³/mol. The maximum Gasteiger partial charge on any atom is 0.248 e. The van der Waals surface area contributed by atoms with Gasteiger partial charge >= 0.3 is 0 Å². The second kappa shape index (κ2) is 7.63. The highest BCUT2D eigenvalue weighted by molar-refractivity contribution is 5.77. The van der Waals surface area contributed by atoms with Crippen LogP contribution >= 0.6 is 0 Å². The number of amides is 1. The van der Waals surface area contributed by atoms with Gasteiger partial charge in [-0.25, -0.2) is 0 Å². The molecule has 0 spiro atoms. The van der Waals surface area contributed by atoms with Crippen LogP contribution in [0.2, 0.25) is 0 Å². The monoisotopic (exact) mass is 267 g/mol. The zero-order valence-corrected chi connectivity index (χ0v) is 11.9. The molecule has 1 amide bonds. The van der Waals surface area contributed by atoms with Crippen molar-refractivity contribution in [1.82, 2.24) is 4.90 Å². The van der Waals surface area contributed by atoms with Gasteiger partial charge in [-0.3, -0.25) is 4.79 Å². The second-order valence-corrected chi connectivity index (χ2v) is 4.04. The minimum Gasteiger partial charge on any atom is -0.493 e. The van der Waals surface area contributed by atoms with Crippen molar-refractivity contribution < 1.29 is 19.0 Å². The number of para-hydroxylation sites is 1. The van der Waals surface area contributed by atoms with E-state index in [1.54, 1.807) is 26.2 Å². The largest absolute Gasteiger partial charge is 0.493 e. The van der Waals surface area contributed by atoms with Gasteiger partial charge in [-0.2, -0.15) is 0 Å². The summed E-state index contributed by atoms with van der Waals surface area (Å²) >= 11 is 0. The third-order valence-corrected chi connectivity index (χ3v) is 2.75. The van der Waals surface area contributed by atoms with E-state index in [9.17, 15) is 4.79 Å². The van der Waals surface area contributed by atoms with E-state index in [0.717, 1.165) is 5.56 Å². The topological polar surface area (TPSA) is 48.0 Å². The van der Waals surface area contributed by atoms with Gasteiger partial charge in [0.05, 0.1) is 14.2 Å². The van der Waals surface area contributed by atoms with Crippen LogP contribution in [-0.4, -0.2) is 45.3 Å². The number of likely N-dealkylation sites (N-methyl/N-ethyl adjacent to an activating group) is 1. The van der Waals surface area contributed by atoms with Crippen LogP contribution in [0.4, 0.5) is 0 Å². The molecule has 0 unspecified atom stereocenters. The maximum atomic E-state index is 11.8. The van der Waals surface area contributed by atoms with Crippen molar-refractivity contribution in [2.45, 2.75) is 13.5 Å². The first-order valence-corrected chi connectivity index (χ1v) is 6.15. The van der Waals surface area contributed by atoms with E-state index in [1.165, 1.54) is 0 Å². The summed E-state index contributed by atoms with van der Waals surface area (Å²) in [4.78, 5) is 13.4. The molecular formula is C14H21NO4. The van der Waals surface area contributed by atoms with E-state index >= 15 is 0 Å². The van der Waals surface area contributed by atoms with Gasteiger partial charge in [-0.1, -0.05) is 12.1 Å². The molecular weight excluding hydrogens is 246 g/mol. The van der Waals surface area contributed by atoms with Crippen LogP contribution in [0, 0.1) is 0 Å². The van der Waals surface area contributed by atoms with Crippen LogP contribution in [0.3, 0.4) is 0 Å². The predicted octanol–water partition coefficient (Wildman–Crippen LogP) is 1.70. The maximum absolute atomic E-state index is 11.8. The first kappa shape index (κ1) is 15.3. The first-order chi connectivity index (χ1) is 9.13. The quantitative estimate of drug-likeness (QED) is 0.754. The molecule has 0 aromatic heterocycles. The van der Waals surface area contributed by atoms with E-state index in [1.807, 2.05) is 25.1 Å². The number of hydrogen-bond donors (Lipinski definition) is 0. The van der Waals surface area contributed by atoms with Gasteiger partial charge in [0, 0.05) is 25.8 Å². The lowest BCUT2D eigenvalue weighted by Crippen LogP contribution is -2.30. The van der Waals surface area contributed by atoms with Gasteiger partial charge in [-0.05, 0) is 13.0 Å². The molecule has 0 aliphatic rings. The van der Waals surface area contributed by atoms with Crippen LogP contribution < -0.4 is 9.47 Å². The third kappa shape index (κ3) is 4.13. The minimum absolute atomic E-state index is 0.0632. The fourth-order valence-electron chi connectivity index (χ4n) is 1.72. The van der Waals surface area contributed by atoms with Crippen LogP contribution in [0.25, 0.3) is 0 Å². The Bertz CT molecular complexity index is 420. The molecule has 0 saturated heterocycles. The number of methoxy groups -OCH3 is 2. The summed E-state index contributed by atoms with van der Waals surface area (Å²) in [5.41, 5.74) is 0.897. The molecule has 5 nitrogen and oxygen atoms in total. The number of carbonyl (C=O) groups excluding carboxylic acids is 1. The fourth-order valence-corrected chi connectivity index (χ4v) is 1.72. The molecule has 0 atom stereocenters. The number of carbonyl (C=O) groups is 1. The minimum atomic E-state index is -0.0632. The van der Waals surface area contributed by atoms with Crippen LogP contribution in [0.1, 0.15) is 12.5 Å². The lowest BCUT2D eigenvalue weighted by molar-refractivity contribution is -0.135. The van der Waals surface area contributed by atoms with Gasteiger partial charge in [0.1, 0.15) is 6.61 Å². The highest BCUT2D eigenvalue weighted by atomic mass is 16.5. The molecule has 1 aromatic rings. The number of rotatable bonds is 7. The Balaban J connectivity index is 2.78. The van der Waals surface area contributed by atoms with Crippen molar-refractivity contribution in [2.24, 2.45) is 0 Å². The average molecular weight is 267 g/mol. The summed E-state index contributed by atoms with van der Waals surface area (Å²) in [5.74, 6) is 1.25. The molecule has 0 radical (unpaired) electrons. The summed E-state index contributed by atoms with van der Waals surface area (Å²) in [6.45, 7) is 2.94. The van der Waals surface area contributed by atoms with E-state index in [4.69, 9.17) is 14.2 Å². The average Bonchev–Trinajstić information content (AvgIpc) is 2.44. The molecule has 0 bridgehead atoms. The highest BCUT2D eigenvalue weighted by Gasteiger charge is 2.14. The lowest BCUT2D eigenvalue weighted by Gasteiger charge is -2.19. The lowest BCUT2D eigenvalue weighted by atomic mass is 10.1. The summed E-state index contributed by atoms with van der Waals surface area (Å²) in [6, 6.07) is 5.60. The molecule has 0 aliphatic heterocycles. The Hall–Kier alpha value is -1.75. The highest BCUT2D eigenvalue weighted by Crippen LogP contribution is 2.31. The second-order valence-electron chi connectivity index (χ2n) is 4.04. The molecule has 19 heavy (non-hydrogen) atoms. The standard InChI is InChI=1S/C14H21NO4/c1-5-19-10-13(16)15(2)9-11-7-6-8-12(17-3)14(11)18-4/h6-8H,5,9-10H2,1-4H3. The van der Waals surface area contributed by atoms with Crippen molar-refractivity contribution in [3.8, 4) is 11.5 Å². The summed E-state index contributed by atoms with van der Waals surface area (Å²) < 4.78 is 15.7. The van der Waals surface area contributed by atoms with Crippen molar-refractivity contribution in [2.75, 3.05) is 34.5 Å². The Morgan fingerprint density at radius 2 is 2.00 bits per heavy atom. The zero-order chi connectivity index (χ0) is 14.3. The molecule has 0 aliphatic carbocycles. The smallest absolute Gasteiger partial charge is 0.248 e. The molecule has 1 aromatic carbocycles. The Kier molecular flexibility index (Phi) is 6.15. The molecule has 106 valence electrons. The van der Waals surface area contributed by atoms with Crippen molar-refractivity contribution >= 4 is 5.91 Å². The molecule has 5 heteroatoms. The number of hydrogen-bond acceptors (Lipinski definition) is 4. The van der Waals surface area contributed by atoms with Crippen LogP contribution in [0.15, 0.2) is 18.2 Å². The first-order valence-electron chi connectivity index (χ1n) is 6.15. The molecule has 0 N–H and O–H groups in total. The molecule has 1 rings (SSSR count). The van der Waals surface area contributed by atoms with E-state index in [0.29, 0.717) is 24.7 Å². The summed E-state index contributed by atoms with van der Waals surface area (Å²) in [7, 11) is 4.91. The Labute approximate surface area is 114 Å². The number of ether oxygens (including phenoxy) is 3. The molecule has 0 saturated carbocycles. The Morgan fingerprint density at radius 3 is 2.58 bits per heavy atom. The summed E-state index contributed by atoms with van der Waals surface area (Å²) in [6.07, 6.45) is 0. The molecule has 0 fully saturated rings. The Morgan fingerprint density at radius 1 is 1.26 bits per heavy atom. The number of nitrogens with zero attached hydrogens (tertiary/aromatic N) is 1. The van der Waals surface area contributed by atoms with Crippen molar-refractivity contribution in [3.63, 3.8) is 0 Å². The van der Waals surface area contributed by atoms with Gasteiger partial charge in [0.2, 0.25) is 5.91 Å². The van der Waals surface area contributed by atoms with Gasteiger partial charge in [0.25, 0.3) is 0 Å². The zero-order valence-electron chi connectivity index (χ0n) is 11.9. The SMILES string of the molecule is CCOCC(=O)N(C)Cc1cccc(OC)c1OC. The van der Waals surface area contributed by atoms with Crippen LogP contribution in [-0.2, 0) is 16.1 Å². The van der Waals surface area contributed by atoms with E-state index in [-0.39, 0.29) is 12.5 Å². The number of benzene rings is 1. The van der Waals surface area contributed by atoms with Gasteiger partial charge in [0.15, 0.2) is 11.5 Å². The molecule has 0 heterocycles. The van der Waals surface area contributed by atoms with Crippen molar-refractivity contribution in [1.29, 1.82) is 0 Å². The summed E-state index contributed by atoms with van der Waals surface area (Å²) in [5, 5.41) is 0. The van der Waals surface area contributed by atoms with Crippen LogP contribution in [0.5, 0.6) is 11.5 Å². The van der Waals surface area contributed by atoms with E-state index < -0.39 is 0 Å². The normalized spacial score (nSPS) is 10.1. The fraction of sp³-hybridized carbons (Fsp3) is 0.500. The third-order valence-electron chi connectivity index (χ3n) is 2.75.